The molecule has 0 bridgehead atoms. The average Bonchev–Trinajstić information content (AvgIpc) is 2.66. The van der Waals surface area contributed by atoms with Gasteiger partial charge in [-0.15, -0.1) is 23.5 Å². The van der Waals surface area contributed by atoms with Gasteiger partial charge in [0.25, 0.3) is 0 Å². The van der Waals surface area contributed by atoms with Crippen LogP contribution in [0.15, 0.2) is 81.0 Å². The molecule has 1 nitrogen and oxygen atoms in total. The Morgan fingerprint density at radius 1 is 0.815 bits per heavy atom. The van der Waals surface area contributed by atoms with Crippen LogP contribution < -0.4 is 5.32 Å². The van der Waals surface area contributed by atoms with Gasteiger partial charge in [0.15, 0.2) is 0 Å². The van der Waals surface area contributed by atoms with Crippen LogP contribution in [0.4, 0.5) is 14.5 Å². The third kappa shape index (κ3) is 4.18. The molecule has 0 aromatic heterocycles. The molecule has 0 unspecified atom stereocenters. The first-order valence-electron chi connectivity index (χ1n) is 8.47. The molecule has 3 aromatic rings. The van der Waals surface area contributed by atoms with Crippen LogP contribution in [0.1, 0.15) is 12.0 Å². The SMILES string of the molecule is Fc1ccc(SC2(Sc3ccc(F)cc3)CCNc3cc(Br)ccc32)cc1. The number of nitrogens with one attached hydrogen (secondary N) is 1. The highest BCUT2D eigenvalue weighted by atomic mass is 79.9. The molecule has 1 heterocycles. The van der Waals surface area contributed by atoms with E-state index in [2.05, 4.69) is 33.4 Å². The molecular formula is C21H16BrF2NS2. The van der Waals surface area contributed by atoms with E-state index in [1.54, 1.807) is 23.5 Å². The largest absolute Gasteiger partial charge is 0.385 e. The van der Waals surface area contributed by atoms with E-state index in [9.17, 15) is 8.78 Å². The molecule has 4 rings (SSSR count). The molecule has 6 heteroatoms. The summed E-state index contributed by atoms with van der Waals surface area (Å²) in [7, 11) is 0. The predicted octanol–water partition coefficient (Wildman–Crippen LogP) is 7.28. The summed E-state index contributed by atoms with van der Waals surface area (Å²) in [6.07, 6.45) is 0.881. The van der Waals surface area contributed by atoms with Gasteiger partial charge in [-0.25, -0.2) is 8.78 Å². The molecule has 0 aliphatic carbocycles. The van der Waals surface area contributed by atoms with Gasteiger partial charge in [-0.2, -0.15) is 0 Å². The number of fused-ring (bicyclic) bond motifs is 1. The minimum absolute atomic E-state index is 0.241. The lowest BCUT2D eigenvalue weighted by molar-refractivity contribution is 0.626. The fraction of sp³-hybridized carbons (Fsp3) is 0.143. The summed E-state index contributed by atoms with van der Waals surface area (Å²) in [6.45, 7) is 0.825. The van der Waals surface area contributed by atoms with Gasteiger partial charge in [0.2, 0.25) is 0 Å². The van der Waals surface area contributed by atoms with Crippen LogP contribution in [-0.4, -0.2) is 6.54 Å². The minimum atomic E-state index is -0.295. The number of hydrogen-bond donors (Lipinski definition) is 1. The van der Waals surface area contributed by atoms with E-state index < -0.39 is 0 Å². The van der Waals surface area contributed by atoms with Crippen LogP contribution in [0, 0.1) is 11.6 Å². The Hall–Kier alpha value is -1.50. The monoisotopic (exact) mass is 463 g/mol. The van der Waals surface area contributed by atoms with E-state index in [0.29, 0.717) is 0 Å². The van der Waals surface area contributed by atoms with E-state index in [-0.39, 0.29) is 15.7 Å². The Bertz CT molecular complexity index is 898. The van der Waals surface area contributed by atoms with Crippen molar-refractivity contribution in [3.8, 4) is 0 Å². The Labute approximate surface area is 174 Å². The molecule has 0 amide bonds. The second kappa shape index (κ2) is 7.86. The first kappa shape index (κ1) is 18.8. The van der Waals surface area contributed by atoms with Crippen LogP contribution in [-0.2, 0) is 4.08 Å². The summed E-state index contributed by atoms with van der Waals surface area (Å²) >= 11 is 6.97. The Morgan fingerprint density at radius 3 is 1.93 bits per heavy atom. The highest BCUT2D eigenvalue weighted by Gasteiger charge is 2.39. The number of halogens is 3. The van der Waals surface area contributed by atoms with Gasteiger partial charge < -0.3 is 5.32 Å². The fourth-order valence-corrected chi connectivity index (χ4v) is 6.51. The second-order valence-electron chi connectivity index (χ2n) is 6.23. The van der Waals surface area contributed by atoms with Gasteiger partial charge in [0.05, 0.1) is 4.08 Å². The van der Waals surface area contributed by atoms with E-state index in [4.69, 9.17) is 0 Å². The summed E-state index contributed by atoms with van der Waals surface area (Å²) in [6, 6.07) is 19.5. The van der Waals surface area contributed by atoms with E-state index >= 15 is 0 Å². The molecule has 0 spiro atoms. The van der Waals surface area contributed by atoms with Crippen LogP contribution in [0.2, 0.25) is 0 Å². The van der Waals surface area contributed by atoms with Crippen molar-refractivity contribution in [2.24, 2.45) is 0 Å². The zero-order valence-electron chi connectivity index (χ0n) is 14.2. The van der Waals surface area contributed by atoms with Crippen LogP contribution in [0.5, 0.6) is 0 Å². The molecule has 1 aliphatic rings. The molecule has 0 fully saturated rings. The Balaban J connectivity index is 1.78. The molecule has 1 N–H and O–H groups in total. The maximum atomic E-state index is 13.4. The number of benzene rings is 3. The van der Waals surface area contributed by atoms with Crippen LogP contribution >= 0.6 is 39.5 Å². The zero-order valence-corrected chi connectivity index (χ0v) is 17.4. The van der Waals surface area contributed by atoms with Gasteiger partial charge in [-0.3, -0.25) is 0 Å². The van der Waals surface area contributed by atoms with Gasteiger partial charge >= 0.3 is 0 Å². The van der Waals surface area contributed by atoms with E-state index in [1.807, 2.05) is 30.3 Å². The molecular weight excluding hydrogens is 448 g/mol. The van der Waals surface area contributed by atoms with Gasteiger partial charge in [0.1, 0.15) is 11.6 Å². The third-order valence-corrected chi connectivity index (χ3v) is 7.87. The molecule has 138 valence electrons. The summed E-state index contributed by atoms with van der Waals surface area (Å²) in [5, 5.41) is 3.47. The first-order valence-corrected chi connectivity index (χ1v) is 10.9. The summed E-state index contributed by atoms with van der Waals surface area (Å²) in [4.78, 5) is 2.00. The van der Waals surface area contributed by atoms with E-state index in [1.165, 1.54) is 29.8 Å². The zero-order chi connectivity index (χ0) is 18.9. The van der Waals surface area contributed by atoms with Crippen molar-refractivity contribution in [2.75, 3.05) is 11.9 Å². The normalized spacial score (nSPS) is 15.1. The van der Waals surface area contributed by atoms with Crippen molar-refractivity contribution in [1.29, 1.82) is 0 Å². The highest BCUT2D eigenvalue weighted by Crippen LogP contribution is 2.58. The molecule has 0 radical (unpaired) electrons. The molecule has 27 heavy (non-hydrogen) atoms. The quantitative estimate of drug-likeness (QED) is 0.408. The molecule has 1 aliphatic heterocycles. The summed E-state index contributed by atoms with van der Waals surface area (Å²) in [5.74, 6) is -0.483. The lowest BCUT2D eigenvalue weighted by Crippen LogP contribution is -2.28. The smallest absolute Gasteiger partial charge is 0.123 e. The summed E-state index contributed by atoms with van der Waals surface area (Å²) < 4.78 is 27.4. The van der Waals surface area contributed by atoms with Crippen molar-refractivity contribution in [1.82, 2.24) is 0 Å². The molecule has 3 aromatic carbocycles. The lowest BCUT2D eigenvalue weighted by Gasteiger charge is -2.38. The maximum Gasteiger partial charge on any atom is 0.123 e. The van der Waals surface area contributed by atoms with Gasteiger partial charge in [-0.05, 0) is 67.1 Å². The van der Waals surface area contributed by atoms with Gasteiger partial charge in [-0.1, -0.05) is 22.0 Å². The van der Waals surface area contributed by atoms with Crippen molar-refractivity contribution >= 4 is 45.1 Å². The van der Waals surface area contributed by atoms with Crippen molar-refractivity contribution in [3.63, 3.8) is 0 Å². The van der Waals surface area contributed by atoms with Crippen molar-refractivity contribution in [3.05, 3.63) is 88.4 Å². The topological polar surface area (TPSA) is 12.0 Å². The predicted molar refractivity (Wildman–Crippen MR) is 113 cm³/mol. The average molecular weight is 464 g/mol. The number of anilines is 1. The van der Waals surface area contributed by atoms with E-state index in [0.717, 1.165) is 32.9 Å². The minimum Gasteiger partial charge on any atom is -0.385 e. The number of rotatable bonds is 4. The molecule has 0 saturated carbocycles. The first-order chi connectivity index (χ1) is 13.0. The Kier molecular flexibility index (Phi) is 5.48. The third-order valence-electron chi connectivity index (χ3n) is 4.35. The van der Waals surface area contributed by atoms with Crippen molar-refractivity contribution in [2.45, 2.75) is 20.3 Å². The molecule has 0 atom stereocenters. The van der Waals surface area contributed by atoms with Crippen molar-refractivity contribution < 1.29 is 8.78 Å². The second-order valence-corrected chi connectivity index (χ2v) is 10.2. The fourth-order valence-electron chi connectivity index (χ4n) is 3.11. The number of hydrogen-bond acceptors (Lipinski definition) is 3. The lowest BCUT2D eigenvalue weighted by atomic mass is 10.0. The standard InChI is InChI=1S/C21H16BrF2NS2/c22-14-1-10-19-20(13-14)25-12-11-21(19,26-17-6-2-15(23)3-7-17)27-18-8-4-16(24)5-9-18/h1-10,13,25H,11-12H2. The molecule has 0 saturated heterocycles. The maximum absolute atomic E-state index is 13.4. The van der Waals surface area contributed by atoms with Crippen LogP contribution in [0.25, 0.3) is 0 Å². The van der Waals surface area contributed by atoms with Crippen LogP contribution in [0.3, 0.4) is 0 Å². The number of thioether (sulfide) groups is 2. The summed E-state index contributed by atoms with van der Waals surface area (Å²) in [5.41, 5.74) is 2.26. The van der Waals surface area contributed by atoms with Gasteiger partial charge in [0, 0.05) is 32.1 Å². The Morgan fingerprint density at radius 2 is 1.37 bits per heavy atom. The highest BCUT2D eigenvalue weighted by molar-refractivity contribution is 9.10.